The fraction of sp³-hybridized carbons (Fsp3) is 0.714. The highest BCUT2D eigenvalue weighted by molar-refractivity contribution is 4.99. The summed E-state index contributed by atoms with van der Waals surface area (Å²) in [5.74, 6) is 0.301. The quantitative estimate of drug-likeness (QED) is 0.497. The Bertz CT molecular complexity index is 111. The summed E-state index contributed by atoms with van der Waals surface area (Å²) in [5.41, 5.74) is 5.64. The van der Waals surface area contributed by atoms with E-state index in [2.05, 4.69) is 6.08 Å². The summed E-state index contributed by atoms with van der Waals surface area (Å²) in [6.07, 6.45) is 6.16. The zero-order chi connectivity index (χ0) is 6.69. The van der Waals surface area contributed by atoms with Gasteiger partial charge in [0.1, 0.15) is 0 Å². The first-order valence-electron chi connectivity index (χ1n) is 3.37. The molecule has 3 N–H and O–H groups in total. The van der Waals surface area contributed by atoms with Gasteiger partial charge in [-0.2, -0.15) is 0 Å². The Morgan fingerprint density at radius 1 is 1.67 bits per heavy atom. The Labute approximate surface area is 55.4 Å². The van der Waals surface area contributed by atoms with Crippen LogP contribution in [-0.2, 0) is 0 Å². The number of allylic oxidation sites excluding steroid dienone is 1. The number of hydrogen-bond acceptors (Lipinski definition) is 2. The van der Waals surface area contributed by atoms with E-state index < -0.39 is 0 Å². The number of hydrogen-bond donors (Lipinski definition) is 2. The van der Waals surface area contributed by atoms with Crippen LogP contribution in [0.4, 0.5) is 0 Å². The largest absolute Gasteiger partial charge is 0.396 e. The van der Waals surface area contributed by atoms with E-state index in [1.807, 2.05) is 6.08 Å². The lowest BCUT2D eigenvalue weighted by Gasteiger charge is -2.21. The summed E-state index contributed by atoms with van der Waals surface area (Å²) >= 11 is 0. The van der Waals surface area contributed by atoms with E-state index in [4.69, 9.17) is 10.8 Å². The van der Waals surface area contributed by atoms with E-state index in [1.54, 1.807) is 0 Å². The van der Waals surface area contributed by atoms with Crippen LogP contribution < -0.4 is 5.73 Å². The third kappa shape index (κ3) is 1.53. The van der Waals surface area contributed by atoms with Crippen LogP contribution in [0.2, 0.25) is 0 Å². The van der Waals surface area contributed by atoms with Gasteiger partial charge in [0.2, 0.25) is 0 Å². The standard InChI is InChI=1S/C7H13NO/c8-7-4-2-1-3-6(7)5-9/h2,4,6-7,9H,1,3,5,8H2/t6-,7+/m0/s1. The third-order valence-electron chi connectivity index (χ3n) is 1.84. The van der Waals surface area contributed by atoms with E-state index in [9.17, 15) is 0 Å². The van der Waals surface area contributed by atoms with Gasteiger partial charge < -0.3 is 10.8 Å². The first-order valence-corrected chi connectivity index (χ1v) is 3.37. The summed E-state index contributed by atoms with van der Waals surface area (Å²) in [5, 5.41) is 8.75. The third-order valence-corrected chi connectivity index (χ3v) is 1.84. The molecule has 0 unspecified atom stereocenters. The highest BCUT2D eigenvalue weighted by Gasteiger charge is 2.15. The lowest BCUT2D eigenvalue weighted by molar-refractivity contribution is 0.205. The Hall–Kier alpha value is -0.340. The number of nitrogens with two attached hydrogens (primary N) is 1. The minimum Gasteiger partial charge on any atom is -0.396 e. The van der Waals surface area contributed by atoms with Crippen molar-refractivity contribution in [3.05, 3.63) is 12.2 Å². The lowest BCUT2D eigenvalue weighted by Crippen LogP contribution is -2.32. The molecule has 0 saturated heterocycles. The minimum absolute atomic E-state index is 0.0868. The predicted molar refractivity (Wildman–Crippen MR) is 36.9 cm³/mol. The van der Waals surface area contributed by atoms with Gasteiger partial charge in [-0.05, 0) is 12.8 Å². The van der Waals surface area contributed by atoms with Gasteiger partial charge >= 0.3 is 0 Å². The van der Waals surface area contributed by atoms with E-state index in [0.717, 1.165) is 12.8 Å². The van der Waals surface area contributed by atoms with Crippen molar-refractivity contribution < 1.29 is 5.11 Å². The maximum Gasteiger partial charge on any atom is 0.0477 e. The molecule has 2 heteroatoms. The average molecular weight is 127 g/mol. The first-order chi connectivity index (χ1) is 4.34. The van der Waals surface area contributed by atoms with Gasteiger partial charge in [-0.3, -0.25) is 0 Å². The number of aliphatic hydroxyl groups is 1. The van der Waals surface area contributed by atoms with Crippen molar-refractivity contribution in [2.24, 2.45) is 11.7 Å². The molecule has 1 aliphatic carbocycles. The summed E-state index contributed by atoms with van der Waals surface area (Å²) in [6, 6.07) is 0.0868. The molecule has 0 saturated carbocycles. The van der Waals surface area contributed by atoms with Crippen molar-refractivity contribution in [2.45, 2.75) is 18.9 Å². The molecule has 0 aliphatic heterocycles. The van der Waals surface area contributed by atoms with Gasteiger partial charge in [-0.15, -0.1) is 0 Å². The zero-order valence-electron chi connectivity index (χ0n) is 5.46. The highest BCUT2D eigenvalue weighted by atomic mass is 16.3. The van der Waals surface area contributed by atoms with Gasteiger partial charge in [0.05, 0.1) is 0 Å². The molecule has 0 bridgehead atoms. The van der Waals surface area contributed by atoms with E-state index in [1.165, 1.54) is 0 Å². The molecule has 2 atom stereocenters. The van der Waals surface area contributed by atoms with Crippen molar-refractivity contribution in [1.29, 1.82) is 0 Å². The molecule has 52 valence electrons. The molecule has 0 radical (unpaired) electrons. The molecule has 0 amide bonds. The van der Waals surface area contributed by atoms with Crippen molar-refractivity contribution in [1.82, 2.24) is 0 Å². The fourth-order valence-corrected chi connectivity index (χ4v) is 1.13. The van der Waals surface area contributed by atoms with Crippen LogP contribution in [0.3, 0.4) is 0 Å². The second-order valence-corrected chi connectivity index (χ2v) is 2.53. The Kier molecular flexibility index (Phi) is 2.25. The van der Waals surface area contributed by atoms with E-state index >= 15 is 0 Å². The van der Waals surface area contributed by atoms with Crippen LogP contribution in [-0.4, -0.2) is 17.8 Å². The zero-order valence-corrected chi connectivity index (χ0v) is 5.46. The molecule has 0 aromatic heterocycles. The molecule has 0 fully saturated rings. The molecule has 9 heavy (non-hydrogen) atoms. The minimum atomic E-state index is 0.0868. The SMILES string of the molecule is N[C@@H]1C=CCC[C@H]1CO. The molecule has 1 rings (SSSR count). The predicted octanol–water partition coefficient (Wildman–Crippen LogP) is 0.272. The smallest absolute Gasteiger partial charge is 0.0477 e. The summed E-state index contributed by atoms with van der Waals surface area (Å²) in [4.78, 5) is 0. The average Bonchev–Trinajstić information content (AvgIpc) is 1.89. The number of rotatable bonds is 1. The van der Waals surface area contributed by atoms with Crippen LogP contribution in [0.1, 0.15) is 12.8 Å². The summed E-state index contributed by atoms with van der Waals surface area (Å²) < 4.78 is 0. The van der Waals surface area contributed by atoms with Crippen molar-refractivity contribution in [3.63, 3.8) is 0 Å². The topological polar surface area (TPSA) is 46.2 Å². The molecular weight excluding hydrogens is 114 g/mol. The molecule has 0 spiro atoms. The van der Waals surface area contributed by atoms with Crippen LogP contribution in [0.25, 0.3) is 0 Å². The van der Waals surface area contributed by atoms with Crippen molar-refractivity contribution >= 4 is 0 Å². The van der Waals surface area contributed by atoms with Gasteiger partial charge in [0.15, 0.2) is 0 Å². The Morgan fingerprint density at radius 2 is 2.44 bits per heavy atom. The van der Waals surface area contributed by atoms with Crippen molar-refractivity contribution in [3.8, 4) is 0 Å². The second-order valence-electron chi connectivity index (χ2n) is 2.53. The monoisotopic (exact) mass is 127 g/mol. The maximum absolute atomic E-state index is 8.75. The normalized spacial score (nSPS) is 34.9. The molecule has 1 aliphatic rings. The molecule has 2 nitrogen and oxygen atoms in total. The summed E-state index contributed by atoms with van der Waals surface area (Å²) in [7, 11) is 0. The van der Waals surface area contributed by atoms with Crippen LogP contribution in [0.5, 0.6) is 0 Å². The lowest BCUT2D eigenvalue weighted by atomic mass is 9.91. The van der Waals surface area contributed by atoms with Gasteiger partial charge in [0.25, 0.3) is 0 Å². The molecule has 0 aromatic rings. The van der Waals surface area contributed by atoms with Crippen LogP contribution in [0, 0.1) is 5.92 Å². The van der Waals surface area contributed by atoms with Crippen molar-refractivity contribution in [2.75, 3.05) is 6.61 Å². The first kappa shape index (κ1) is 6.78. The second kappa shape index (κ2) is 2.99. The molecule has 0 aromatic carbocycles. The van der Waals surface area contributed by atoms with Crippen LogP contribution in [0.15, 0.2) is 12.2 Å². The Balaban J connectivity index is 2.44. The molecule has 0 heterocycles. The summed E-state index contributed by atoms with van der Waals surface area (Å²) in [6.45, 7) is 0.228. The Morgan fingerprint density at radius 3 is 2.89 bits per heavy atom. The highest BCUT2D eigenvalue weighted by Crippen LogP contribution is 2.15. The van der Waals surface area contributed by atoms with Gasteiger partial charge in [0, 0.05) is 18.6 Å². The maximum atomic E-state index is 8.75. The molecular formula is C7H13NO. The fourth-order valence-electron chi connectivity index (χ4n) is 1.13. The van der Waals surface area contributed by atoms with Gasteiger partial charge in [-0.25, -0.2) is 0 Å². The van der Waals surface area contributed by atoms with E-state index in [-0.39, 0.29) is 12.6 Å². The van der Waals surface area contributed by atoms with Gasteiger partial charge in [-0.1, -0.05) is 12.2 Å². The number of aliphatic hydroxyl groups excluding tert-OH is 1. The van der Waals surface area contributed by atoms with Crippen LogP contribution >= 0.6 is 0 Å². The van der Waals surface area contributed by atoms with E-state index in [0.29, 0.717) is 5.92 Å².